The van der Waals surface area contributed by atoms with Gasteiger partial charge in [-0.1, -0.05) is 12.1 Å². The molecule has 0 unspecified atom stereocenters. The van der Waals surface area contributed by atoms with Crippen LogP contribution in [0.5, 0.6) is 0 Å². The first-order valence-corrected chi connectivity index (χ1v) is 9.65. The maximum Gasteiger partial charge on any atom is 0.191 e. The van der Waals surface area contributed by atoms with Crippen LogP contribution in [0.4, 0.5) is 0 Å². The normalized spacial score (nSPS) is 12.2. The summed E-state index contributed by atoms with van der Waals surface area (Å²) in [6, 6.07) is 9.38. The highest BCUT2D eigenvalue weighted by Gasteiger charge is 2.12. The van der Waals surface area contributed by atoms with Crippen LogP contribution in [0.3, 0.4) is 0 Å². The van der Waals surface area contributed by atoms with Crippen LogP contribution < -0.4 is 10.6 Å². The van der Waals surface area contributed by atoms with E-state index >= 15 is 0 Å². The van der Waals surface area contributed by atoms with Crippen molar-refractivity contribution in [3.63, 3.8) is 0 Å². The Bertz CT molecular complexity index is 667. The number of benzene rings is 1. The monoisotopic (exact) mass is 371 g/mol. The van der Waals surface area contributed by atoms with Gasteiger partial charge in [0.1, 0.15) is 12.7 Å². The molecule has 0 saturated carbocycles. The Labute approximate surface area is 162 Å². The molecule has 2 aromatic rings. The minimum atomic E-state index is 0.572. The van der Waals surface area contributed by atoms with E-state index in [1.54, 1.807) is 18.1 Å². The van der Waals surface area contributed by atoms with Gasteiger partial charge in [-0.25, -0.2) is 9.67 Å². The van der Waals surface area contributed by atoms with Gasteiger partial charge < -0.3 is 10.6 Å². The van der Waals surface area contributed by atoms with E-state index < -0.39 is 0 Å². The summed E-state index contributed by atoms with van der Waals surface area (Å²) in [5.41, 5.74) is 2.19. The third kappa shape index (κ3) is 6.67. The number of hydrogen-bond donors (Lipinski definition) is 2. The number of guanidine groups is 1. The highest BCUT2D eigenvalue weighted by atomic mass is 15.3. The molecule has 1 heterocycles. The zero-order chi connectivity index (χ0) is 19.6. The Morgan fingerprint density at radius 2 is 1.81 bits per heavy atom. The van der Waals surface area contributed by atoms with Crippen LogP contribution in [0.1, 0.15) is 39.7 Å². The van der Waals surface area contributed by atoms with Gasteiger partial charge in [-0.15, -0.1) is 0 Å². The molecule has 0 aliphatic heterocycles. The Balaban J connectivity index is 1.74. The number of aromatic nitrogens is 3. The van der Waals surface area contributed by atoms with Crippen LogP contribution in [0, 0.1) is 0 Å². The first kappa shape index (κ1) is 20.9. The molecule has 0 amide bonds. The lowest BCUT2D eigenvalue weighted by atomic mass is 10.2. The molecule has 7 nitrogen and oxygen atoms in total. The van der Waals surface area contributed by atoms with Crippen molar-refractivity contribution in [1.29, 1.82) is 0 Å². The van der Waals surface area contributed by atoms with Gasteiger partial charge >= 0.3 is 0 Å². The van der Waals surface area contributed by atoms with Crippen molar-refractivity contribution in [3.05, 3.63) is 42.5 Å². The van der Waals surface area contributed by atoms with E-state index in [-0.39, 0.29) is 0 Å². The van der Waals surface area contributed by atoms with Gasteiger partial charge in [0.05, 0.1) is 5.69 Å². The molecule has 27 heavy (non-hydrogen) atoms. The summed E-state index contributed by atoms with van der Waals surface area (Å²) in [6.07, 6.45) is 4.31. The largest absolute Gasteiger partial charge is 0.356 e. The highest BCUT2D eigenvalue weighted by Crippen LogP contribution is 2.08. The first-order chi connectivity index (χ1) is 13.0. The lowest BCUT2D eigenvalue weighted by Crippen LogP contribution is -2.41. The lowest BCUT2D eigenvalue weighted by molar-refractivity contribution is 0.173. The van der Waals surface area contributed by atoms with Crippen LogP contribution in [0.25, 0.3) is 5.69 Å². The predicted octanol–water partition coefficient (Wildman–Crippen LogP) is 2.44. The van der Waals surface area contributed by atoms with Crippen molar-refractivity contribution in [1.82, 2.24) is 30.3 Å². The number of aliphatic imine (C=N–C) groups is 1. The van der Waals surface area contributed by atoms with Gasteiger partial charge in [-0.05, 0) is 51.8 Å². The molecular formula is C20H33N7. The summed E-state index contributed by atoms with van der Waals surface area (Å²) in [5.74, 6) is 0.830. The zero-order valence-corrected chi connectivity index (χ0v) is 17.2. The minimum absolute atomic E-state index is 0.572. The van der Waals surface area contributed by atoms with Crippen LogP contribution >= 0.6 is 0 Å². The molecule has 0 bridgehead atoms. The lowest BCUT2D eigenvalue weighted by Gasteiger charge is -2.30. The molecule has 0 radical (unpaired) electrons. The summed E-state index contributed by atoms with van der Waals surface area (Å²) in [7, 11) is 1.80. The number of hydrogen-bond acceptors (Lipinski definition) is 4. The molecule has 0 spiro atoms. The summed E-state index contributed by atoms with van der Waals surface area (Å²) in [6.45, 7) is 11.7. The quantitative estimate of drug-likeness (QED) is 0.402. The first-order valence-electron chi connectivity index (χ1n) is 9.65. The third-order valence-electron chi connectivity index (χ3n) is 4.52. The van der Waals surface area contributed by atoms with Gasteiger partial charge in [0.25, 0.3) is 0 Å². The van der Waals surface area contributed by atoms with Crippen molar-refractivity contribution >= 4 is 5.96 Å². The van der Waals surface area contributed by atoms with E-state index in [1.807, 2.05) is 12.1 Å². The van der Waals surface area contributed by atoms with Crippen LogP contribution in [0.15, 0.2) is 41.9 Å². The topological polar surface area (TPSA) is 70.4 Å². The van der Waals surface area contributed by atoms with E-state index in [0.717, 1.165) is 37.7 Å². The average Bonchev–Trinajstić information content (AvgIpc) is 3.18. The van der Waals surface area contributed by atoms with Crippen LogP contribution in [-0.2, 0) is 6.54 Å². The molecule has 0 aliphatic carbocycles. The van der Waals surface area contributed by atoms with Crippen molar-refractivity contribution in [3.8, 4) is 5.69 Å². The second-order valence-corrected chi connectivity index (χ2v) is 7.14. The van der Waals surface area contributed by atoms with Crippen molar-refractivity contribution in [2.24, 2.45) is 4.99 Å². The SMILES string of the molecule is CN=C(NCCCN(C(C)C)C(C)C)NCc1ccc(-n2cncn2)cc1. The minimum Gasteiger partial charge on any atom is -0.356 e. The molecule has 7 heteroatoms. The maximum absolute atomic E-state index is 4.31. The molecule has 0 aliphatic rings. The Kier molecular flexibility index (Phi) is 8.26. The standard InChI is InChI=1S/C20H33N7/c1-16(2)26(17(3)4)12-6-11-23-20(21-5)24-13-18-7-9-19(10-8-18)27-15-22-14-25-27/h7-10,14-17H,6,11-13H2,1-5H3,(H2,21,23,24). The third-order valence-corrected chi connectivity index (χ3v) is 4.52. The fourth-order valence-electron chi connectivity index (χ4n) is 3.10. The van der Waals surface area contributed by atoms with E-state index in [4.69, 9.17) is 0 Å². The van der Waals surface area contributed by atoms with Gasteiger partial charge in [-0.2, -0.15) is 5.10 Å². The number of nitrogens with zero attached hydrogens (tertiary/aromatic N) is 5. The van der Waals surface area contributed by atoms with Crippen LogP contribution in [-0.4, -0.2) is 57.8 Å². The second kappa shape index (κ2) is 10.7. The van der Waals surface area contributed by atoms with Gasteiger partial charge in [-0.3, -0.25) is 9.89 Å². The summed E-state index contributed by atoms with van der Waals surface area (Å²) < 4.78 is 1.75. The number of nitrogens with one attached hydrogen (secondary N) is 2. The predicted molar refractivity (Wildman–Crippen MR) is 111 cm³/mol. The van der Waals surface area contributed by atoms with E-state index in [0.29, 0.717) is 12.1 Å². The smallest absolute Gasteiger partial charge is 0.191 e. The fraction of sp³-hybridized carbons (Fsp3) is 0.550. The molecule has 0 fully saturated rings. The van der Waals surface area contributed by atoms with E-state index in [9.17, 15) is 0 Å². The Hall–Kier alpha value is -2.41. The van der Waals surface area contributed by atoms with Gasteiger partial charge in [0.2, 0.25) is 0 Å². The molecule has 2 rings (SSSR count). The molecule has 2 N–H and O–H groups in total. The van der Waals surface area contributed by atoms with Crippen molar-refractivity contribution < 1.29 is 0 Å². The average molecular weight is 372 g/mol. The molecule has 1 aromatic carbocycles. The number of rotatable bonds is 9. The highest BCUT2D eigenvalue weighted by molar-refractivity contribution is 5.79. The van der Waals surface area contributed by atoms with Crippen LogP contribution in [0.2, 0.25) is 0 Å². The van der Waals surface area contributed by atoms with Gasteiger partial charge in [0, 0.05) is 38.8 Å². The molecule has 0 saturated heterocycles. The van der Waals surface area contributed by atoms with Crippen molar-refractivity contribution in [2.75, 3.05) is 20.1 Å². The molecule has 1 aromatic heterocycles. The summed E-state index contributed by atoms with van der Waals surface area (Å²) in [5, 5.41) is 10.9. The maximum atomic E-state index is 4.31. The zero-order valence-electron chi connectivity index (χ0n) is 17.2. The molecule has 0 atom stereocenters. The summed E-state index contributed by atoms with van der Waals surface area (Å²) in [4.78, 5) is 10.8. The van der Waals surface area contributed by atoms with E-state index in [2.05, 4.69) is 70.4 Å². The molecule has 148 valence electrons. The summed E-state index contributed by atoms with van der Waals surface area (Å²) >= 11 is 0. The second-order valence-electron chi connectivity index (χ2n) is 7.14. The fourth-order valence-corrected chi connectivity index (χ4v) is 3.10. The van der Waals surface area contributed by atoms with E-state index in [1.165, 1.54) is 11.9 Å². The Morgan fingerprint density at radius 3 is 2.37 bits per heavy atom. The Morgan fingerprint density at radius 1 is 1.11 bits per heavy atom. The molecular weight excluding hydrogens is 338 g/mol. The van der Waals surface area contributed by atoms with Crippen molar-refractivity contribution in [2.45, 2.75) is 52.7 Å². The van der Waals surface area contributed by atoms with Gasteiger partial charge in [0.15, 0.2) is 5.96 Å².